The molecule has 2 saturated heterocycles. The van der Waals surface area contributed by atoms with Crippen molar-refractivity contribution >= 4 is 0 Å². The summed E-state index contributed by atoms with van der Waals surface area (Å²) in [5, 5.41) is 3.67. The standard InChI is InChI=1S/C13H26N2O/c1-3-12-9-15(7-8-16-12)10-13-11(2)5-4-6-14-13/h11-14H,3-10H2,1-2H3. The molecule has 2 heterocycles. The molecule has 16 heavy (non-hydrogen) atoms. The fourth-order valence-electron chi connectivity index (χ4n) is 2.83. The molecule has 94 valence electrons. The largest absolute Gasteiger partial charge is 0.376 e. The van der Waals surface area contributed by atoms with Crippen molar-refractivity contribution in [3.05, 3.63) is 0 Å². The highest BCUT2D eigenvalue weighted by atomic mass is 16.5. The lowest BCUT2D eigenvalue weighted by Crippen LogP contribution is -2.52. The zero-order valence-electron chi connectivity index (χ0n) is 10.7. The average Bonchev–Trinajstić information content (AvgIpc) is 2.32. The van der Waals surface area contributed by atoms with Gasteiger partial charge < -0.3 is 10.1 Å². The lowest BCUT2D eigenvalue weighted by Gasteiger charge is -2.38. The number of nitrogens with zero attached hydrogens (tertiary/aromatic N) is 1. The second-order valence-electron chi connectivity index (χ2n) is 5.34. The monoisotopic (exact) mass is 226 g/mol. The van der Waals surface area contributed by atoms with Crippen LogP contribution in [0.5, 0.6) is 0 Å². The van der Waals surface area contributed by atoms with Crippen molar-refractivity contribution in [2.24, 2.45) is 5.92 Å². The van der Waals surface area contributed by atoms with Gasteiger partial charge in [0, 0.05) is 25.7 Å². The molecule has 0 aromatic carbocycles. The van der Waals surface area contributed by atoms with Crippen molar-refractivity contribution in [2.45, 2.75) is 45.3 Å². The SMILES string of the molecule is CCC1CN(CC2NCCCC2C)CCO1. The van der Waals surface area contributed by atoms with E-state index in [0.29, 0.717) is 12.1 Å². The van der Waals surface area contributed by atoms with E-state index in [1.807, 2.05) is 0 Å². The third-order valence-corrected chi connectivity index (χ3v) is 4.06. The average molecular weight is 226 g/mol. The van der Waals surface area contributed by atoms with E-state index < -0.39 is 0 Å². The van der Waals surface area contributed by atoms with Crippen molar-refractivity contribution in [1.29, 1.82) is 0 Å². The Kier molecular flexibility index (Phi) is 4.62. The van der Waals surface area contributed by atoms with Crippen LogP contribution in [-0.4, -0.2) is 49.8 Å². The van der Waals surface area contributed by atoms with E-state index in [1.54, 1.807) is 0 Å². The summed E-state index contributed by atoms with van der Waals surface area (Å²) in [6.45, 7) is 10.2. The number of ether oxygens (including phenoxy) is 1. The van der Waals surface area contributed by atoms with Crippen LogP contribution >= 0.6 is 0 Å². The van der Waals surface area contributed by atoms with Gasteiger partial charge in [0.05, 0.1) is 12.7 Å². The zero-order chi connectivity index (χ0) is 11.4. The van der Waals surface area contributed by atoms with E-state index in [0.717, 1.165) is 32.0 Å². The summed E-state index contributed by atoms with van der Waals surface area (Å²) >= 11 is 0. The number of hydrogen-bond donors (Lipinski definition) is 1. The van der Waals surface area contributed by atoms with Crippen molar-refractivity contribution in [3.8, 4) is 0 Å². The smallest absolute Gasteiger partial charge is 0.0700 e. The van der Waals surface area contributed by atoms with Gasteiger partial charge in [-0.05, 0) is 31.7 Å². The number of nitrogens with one attached hydrogen (secondary N) is 1. The summed E-state index contributed by atoms with van der Waals surface area (Å²) < 4.78 is 5.71. The highest BCUT2D eigenvalue weighted by molar-refractivity contribution is 4.83. The Labute approximate surface area is 99.5 Å². The molecule has 0 aromatic rings. The summed E-state index contributed by atoms with van der Waals surface area (Å²) in [6, 6.07) is 0.698. The highest BCUT2D eigenvalue weighted by Gasteiger charge is 2.26. The fourth-order valence-corrected chi connectivity index (χ4v) is 2.83. The predicted molar refractivity (Wildman–Crippen MR) is 66.7 cm³/mol. The van der Waals surface area contributed by atoms with Crippen LogP contribution in [0.25, 0.3) is 0 Å². The third-order valence-electron chi connectivity index (χ3n) is 4.06. The maximum absolute atomic E-state index is 5.71. The Balaban J connectivity index is 1.79. The van der Waals surface area contributed by atoms with Crippen LogP contribution in [0.4, 0.5) is 0 Å². The first-order valence-corrected chi connectivity index (χ1v) is 6.87. The molecule has 3 unspecified atom stereocenters. The first-order valence-electron chi connectivity index (χ1n) is 6.87. The van der Waals surface area contributed by atoms with Crippen molar-refractivity contribution < 1.29 is 4.74 Å². The number of piperidine rings is 1. The number of rotatable bonds is 3. The highest BCUT2D eigenvalue weighted by Crippen LogP contribution is 2.18. The van der Waals surface area contributed by atoms with Crippen LogP contribution in [0.3, 0.4) is 0 Å². The van der Waals surface area contributed by atoms with Gasteiger partial charge in [-0.15, -0.1) is 0 Å². The molecule has 0 radical (unpaired) electrons. The Hall–Kier alpha value is -0.120. The normalized spacial score (nSPS) is 37.5. The van der Waals surface area contributed by atoms with Gasteiger partial charge in [0.15, 0.2) is 0 Å². The maximum atomic E-state index is 5.71. The molecule has 3 atom stereocenters. The topological polar surface area (TPSA) is 24.5 Å². The minimum atomic E-state index is 0.465. The first-order chi connectivity index (χ1) is 7.79. The molecule has 2 fully saturated rings. The molecule has 0 spiro atoms. The van der Waals surface area contributed by atoms with E-state index in [9.17, 15) is 0 Å². The van der Waals surface area contributed by atoms with Crippen LogP contribution in [0.1, 0.15) is 33.1 Å². The minimum Gasteiger partial charge on any atom is -0.376 e. The second-order valence-corrected chi connectivity index (χ2v) is 5.34. The van der Waals surface area contributed by atoms with Crippen LogP contribution < -0.4 is 5.32 Å². The Morgan fingerprint density at radius 2 is 2.31 bits per heavy atom. The van der Waals surface area contributed by atoms with Crippen molar-refractivity contribution in [2.75, 3.05) is 32.8 Å². The van der Waals surface area contributed by atoms with E-state index in [4.69, 9.17) is 4.74 Å². The Morgan fingerprint density at radius 3 is 3.06 bits per heavy atom. The van der Waals surface area contributed by atoms with Gasteiger partial charge in [0.25, 0.3) is 0 Å². The van der Waals surface area contributed by atoms with Crippen LogP contribution in [-0.2, 0) is 4.74 Å². The molecule has 0 bridgehead atoms. The molecular formula is C13H26N2O. The molecule has 0 aromatic heterocycles. The van der Waals surface area contributed by atoms with E-state index in [-0.39, 0.29) is 0 Å². The van der Waals surface area contributed by atoms with Gasteiger partial charge in [-0.2, -0.15) is 0 Å². The summed E-state index contributed by atoms with van der Waals surface area (Å²) in [6.07, 6.45) is 4.34. The quantitative estimate of drug-likeness (QED) is 0.789. The van der Waals surface area contributed by atoms with Crippen molar-refractivity contribution in [1.82, 2.24) is 10.2 Å². The molecule has 2 aliphatic rings. The summed E-state index contributed by atoms with van der Waals surface area (Å²) in [5.74, 6) is 0.830. The first kappa shape index (κ1) is 12.3. The number of morpholine rings is 1. The molecule has 3 heteroatoms. The van der Waals surface area contributed by atoms with E-state index in [2.05, 4.69) is 24.1 Å². The van der Waals surface area contributed by atoms with Gasteiger partial charge in [-0.1, -0.05) is 13.8 Å². The lowest BCUT2D eigenvalue weighted by molar-refractivity contribution is -0.0345. The minimum absolute atomic E-state index is 0.465. The van der Waals surface area contributed by atoms with Crippen LogP contribution in [0.15, 0.2) is 0 Å². The second kappa shape index (κ2) is 5.99. The maximum Gasteiger partial charge on any atom is 0.0700 e. The van der Waals surface area contributed by atoms with Crippen LogP contribution in [0.2, 0.25) is 0 Å². The zero-order valence-corrected chi connectivity index (χ0v) is 10.7. The molecule has 2 rings (SSSR count). The predicted octanol–water partition coefficient (Wildman–Crippen LogP) is 1.49. The van der Waals surface area contributed by atoms with Gasteiger partial charge in [-0.25, -0.2) is 0 Å². The Bertz CT molecular complexity index is 210. The third kappa shape index (κ3) is 3.19. The Morgan fingerprint density at radius 1 is 1.44 bits per heavy atom. The molecule has 2 aliphatic heterocycles. The van der Waals surface area contributed by atoms with Gasteiger partial charge in [-0.3, -0.25) is 4.90 Å². The van der Waals surface area contributed by atoms with Gasteiger partial charge in [0.1, 0.15) is 0 Å². The number of hydrogen-bond acceptors (Lipinski definition) is 3. The molecule has 1 N–H and O–H groups in total. The summed E-state index contributed by atoms with van der Waals surface area (Å²) in [4.78, 5) is 2.58. The summed E-state index contributed by atoms with van der Waals surface area (Å²) in [7, 11) is 0. The van der Waals surface area contributed by atoms with Gasteiger partial charge in [0.2, 0.25) is 0 Å². The lowest BCUT2D eigenvalue weighted by atomic mass is 9.92. The van der Waals surface area contributed by atoms with E-state index >= 15 is 0 Å². The van der Waals surface area contributed by atoms with Crippen LogP contribution in [0, 0.1) is 5.92 Å². The molecule has 0 amide bonds. The molecule has 0 saturated carbocycles. The fraction of sp³-hybridized carbons (Fsp3) is 1.00. The summed E-state index contributed by atoms with van der Waals surface area (Å²) in [5.41, 5.74) is 0. The molecular weight excluding hydrogens is 200 g/mol. The van der Waals surface area contributed by atoms with Gasteiger partial charge >= 0.3 is 0 Å². The van der Waals surface area contributed by atoms with Crippen molar-refractivity contribution in [3.63, 3.8) is 0 Å². The molecule has 3 nitrogen and oxygen atoms in total. The van der Waals surface area contributed by atoms with E-state index in [1.165, 1.54) is 25.9 Å². The molecule has 0 aliphatic carbocycles.